The van der Waals surface area contributed by atoms with Crippen molar-refractivity contribution in [3.8, 4) is 0 Å². The number of benzene rings is 1. The first-order valence-electron chi connectivity index (χ1n) is 9.68. The van der Waals surface area contributed by atoms with Gasteiger partial charge in [0.05, 0.1) is 12.3 Å². The number of sulfonamides is 1. The number of fused-ring (bicyclic) bond motifs is 1. The highest BCUT2D eigenvalue weighted by molar-refractivity contribution is 7.88. The van der Waals surface area contributed by atoms with Crippen molar-refractivity contribution in [1.82, 2.24) is 14.2 Å². The van der Waals surface area contributed by atoms with Crippen LogP contribution >= 0.6 is 0 Å². The Labute approximate surface area is 166 Å². The molecule has 0 aliphatic carbocycles. The molecule has 1 saturated heterocycles. The Balaban J connectivity index is 1.60. The van der Waals surface area contributed by atoms with Crippen LogP contribution in [0.15, 0.2) is 48.8 Å². The highest BCUT2D eigenvalue weighted by atomic mass is 32.2. The second kappa shape index (κ2) is 7.64. The standard InChI is InChI=1S/C21H25N3O3S/c1-28(26,27)23-12-8-17(9-13-23)21(25)24-14-10-16-5-2-3-7-19(16)20(24)18-6-4-11-22-15-18/h2-7,11,15,17,20H,8-10,12-14H2,1H3. The summed E-state index contributed by atoms with van der Waals surface area (Å²) in [5.41, 5.74) is 3.44. The molecular formula is C21H25N3O3S. The Kier molecular flexibility index (Phi) is 5.21. The Hall–Kier alpha value is -2.25. The maximum Gasteiger partial charge on any atom is 0.226 e. The number of pyridine rings is 1. The third-order valence-corrected chi connectivity index (χ3v) is 7.14. The second-order valence-electron chi connectivity index (χ2n) is 7.61. The monoisotopic (exact) mass is 399 g/mol. The van der Waals surface area contributed by atoms with Crippen LogP contribution < -0.4 is 0 Å². The molecule has 2 aliphatic rings. The average molecular weight is 400 g/mol. The fourth-order valence-corrected chi connectivity index (χ4v) is 5.24. The molecule has 2 aliphatic heterocycles. The van der Waals surface area contributed by atoms with E-state index < -0.39 is 10.0 Å². The lowest BCUT2D eigenvalue weighted by atomic mass is 9.86. The first kappa shape index (κ1) is 19.1. The fourth-order valence-electron chi connectivity index (χ4n) is 4.37. The van der Waals surface area contributed by atoms with Crippen LogP contribution in [0.4, 0.5) is 0 Å². The van der Waals surface area contributed by atoms with Crippen LogP contribution in [0, 0.1) is 5.92 Å². The summed E-state index contributed by atoms with van der Waals surface area (Å²) >= 11 is 0. The Morgan fingerprint density at radius 3 is 2.50 bits per heavy atom. The van der Waals surface area contributed by atoms with Gasteiger partial charge in [0.15, 0.2) is 0 Å². The van der Waals surface area contributed by atoms with Crippen LogP contribution in [0.5, 0.6) is 0 Å². The molecule has 1 fully saturated rings. The molecule has 0 N–H and O–H groups in total. The van der Waals surface area contributed by atoms with Crippen molar-refractivity contribution in [2.24, 2.45) is 5.92 Å². The van der Waals surface area contributed by atoms with Crippen LogP contribution in [-0.2, 0) is 21.2 Å². The largest absolute Gasteiger partial charge is 0.331 e. The summed E-state index contributed by atoms with van der Waals surface area (Å²) in [6, 6.07) is 12.1. The molecule has 1 unspecified atom stereocenters. The van der Waals surface area contributed by atoms with Crippen molar-refractivity contribution in [1.29, 1.82) is 0 Å². The van der Waals surface area contributed by atoms with E-state index in [2.05, 4.69) is 17.1 Å². The van der Waals surface area contributed by atoms with E-state index in [9.17, 15) is 13.2 Å². The molecule has 0 saturated carbocycles. The summed E-state index contributed by atoms with van der Waals surface area (Å²) < 4.78 is 25.0. The van der Waals surface area contributed by atoms with E-state index >= 15 is 0 Å². The van der Waals surface area contributed by atoms with Crippen LogP contribution in [0.3, 0.4) is 0 Å². The van der Waals surface area contributed by atoms with E-state index in [0.717, 1.165) is 17.5 Å². The van der Waals surface area contributed by atoms with Crippen LogP contribution in [0.1, 0.15) is 35.6 Å². The van der Waals surface area contributed by atoms with Crippen LogP contribution in [-0.4, -0.2) is 54.4 Å². The van der Waals surface area contributed by atoms with Gasteiger partial charge in [0, 0.05) is 37.9 Å². The lowest BCUT2D eigenvalue weighted by Gasteiger charge is -2.40. The number of nitrogens with zero attached hydrogens (tertiary/aromatic N) is 3. The second-order valence-corrected chi connectivity index (χ2v) is 9.59. The highest BCUT2D eigenvalue weighted by Crippen LogP contribution is 2.36. The Bertz CT molecular complexity index is 954. The molecule has 0 spiro atoms. The summed E-state index contributed by atoms with van der Waals surface area (Å²) in [4.78, 5) is 19.7. The molecule has 2 aromatic rings. The topological polar surface area (TPSA) is 70.6 Å². The number of aromatic nitrogens is 1. The van der Waals surface area contributed by atoms with E-state index in [1.54, 1.807) is 6.20 Å². The zero-order valence-corrected chi connectivity index (χ0v) is 16.8. The van der Waals surface area contributed by atoms with Crippen molar-refractivity contribution in [2.75, 3.05) is 25.9 Å². The number of amides is 1. The van der Waals surface area contributed by atoms with Gasteiger partial charge < -0.3 is 4.90 Å². The van der Waals surface area contributed by atoms with E-state index in [1.165, 1.54) is 16.1 Å². The lowest BCUT2D eigenvalue weighted by Crippen LogP contribution is -2.47. The van der Waals surface area contributed by atoms with E-state index in [-0.39, 0.29) is 17.9 Å². The van der Waals surface area contributed by atoms with Crippen LogP contribution in [0.2, 0.25) is 0 Å². The number of hydrogen-bond donors (Lipinski definition) is 0. The minimum Gasteiger partial charge on any atom is -0.331 e. The molecule has 1 atom stereocenters. The molecule has 0 radical (unpaired) electrons. The Morgan fingerprint density at radius 2 is 1.82 bits per heavy atom. The van der Waals surface area contributed by atoms with Gasteiger partial charge in [0.1, 0.15) is 0 Å². The quantitative estimate of drug-likeness (QED) is 0.794. The summed E-state index contributed by atoms with van der Waals surface area (Å²) in [5, 5.41) is 0. The number of piperidine rings is 1. The molecule has 1 aromatic heterocycles. The van der Waals surface area contributed by atoms with E-state index in [0.29, 0.717) is 32.5 Å². The lowest BCUT2D eigenvalue weighted by molar-refractivity contribution is -0.138. The number of carbonyl (C=O) groups excluding carboxylic acids is 1. The van der Waals surface area contributed by atoms with Crippen molar-refractivity contribution in [3.05, 3.63) is 65.5 Å². The number of rotatable bonds is 3. The molecular weight excluding hydrogens is 374 g/mol. The SMILES string of the molecule is CS(=O)(=O)N1CCC(C(=O)N2CCc3ccccc3C2c2cccnc2)CC1. The zero-order chi connectivity index (χ0) is 19.7. The predicted octanol–water partition coefficient (Wildman–Crippen LogP) is 2.23. The van der Waals surface area contributed by atoms with Crippen LogP contribution in [0.25, 0.3) is 0 Å². The van der Waals surface area contributed by atoms with Gasteiger partial charge in [0.2, 0.25) is 15.9 Å². The van der Waals surface area contributed by atoms with E-state index in [1.807, 2.05) is 35.4 Å². The number of carbonyl (C=O) groups is 1. The molecule has 3 heterocycles. The van der Waals surface area contributed by atoms with Crippen molar-refractivity contribution in [2.45, 2.75) is 25.3 Å². The van der Waals surface area contributed by atoms with Crippen molar-refractivity contribution in [3.63, 3.8) is 0 Å². The summed E-state index contributed by atoms with van der Waals surface area (Å²) in [6.07, 6.45) is 6.79. The highest BCUT2D eigenvalue weighted by Gasteiger charge is 2.37. The average Bonchev–Trinajstić information content (AvgIpc) is 2.72. The summed E-state index contributed by atoms with van der Waals surface area (Å²) in [6.45, 7) is 1.50. The zero-order valence-electron chi connectivity index (χ0n) is 16.0. The minimum atomic E-state index is -3.19. The number of hydrogen-bond acceptors (Lipinski definition) is 4. The van der Waals surface area contributed by atoms with Gasteiger partial charge in [-0.2, -0.15) is 0 Å². The van der Waals surface area contributed by atoms with Gasteiger partial charge in [-0.15, -0.1) is 0 Å². The molecule has 1 aromatic carbocycles. The molecule has 0 bridgehead atoms. The summed E-state index contributed by atoms with van der Waals surface area (Å²) in [7, 11) is -3.19. The molecule has 4 rings (SSSR count). The normalized spacial score (nSPS) is 21.3. The van der Waals surface area contributed by atoms with Crippen molar-refractivity contribution >= 4 is 15.9 Å². The van der Waals surface area contributed by atoms with Crippen molar-refractivity contribution < 1.29 is 13.2 Å². The van der Waals surface area contributed by atoms with E-state index in [4.69, 9.17) is 0 Å². The maximum atomic E-state index is 13.4. The molecule has 7 heteroatoms. The first-order chi connectivity index (χ1) is 13.4. The summed E-state index contributed by atoms with van der Waals surface area (Å²) in [5.74, 6) is -0.0149. The third-order valence-electron chi connectivity index (χ3n) is 5.84. The van der Waals surface area contributed by atoms with Gasteiger partial charge in [-0.25, -0.2) is 12.7 Å². The molecule has 148 valence electrons. The molecule has 6 nitrogen and oxygen atoms in total. The van der Waals surface area contributed by atoms with Gasteiger partial charge in [-0.05, 0) is 42.0 Å². The van der Waals surface area contributed by atoms with Gasteiger partial charge in [0.25, 0.3) is 0 Å². The predicted molar refractivity (Wildman–Crippen MR) is 107 cm³/mol. The fraction of sp³-hybridized carbons (Fsp3) is 0.429. The smallest absolute Gasteiger partial charge is 0.226 e. The maximum absolute atomic E-state index is 13.4. The Morgan fingerprint density at radius 1 is 1.07 bits per heavy atom. The molecule has 1 amide bonds. The third kappa shape index (κ3) is 3.69. The minimum absolute atomic E-state index is 0.122. The van der Waals surface area contributed by atoms with Gasteiger partial charge in [-0.1, -0.05) is 30.3 Å². The molecule has 28 heavy (non-hydrogen) atoms. The van der Waals surface area contributed by atoms with Gasteiger partial charge in [-0.3, -0.25) is 9.78 Å². The van der Waals surface area contributed by atoms with Gasteiger partial charge >= 0.3 is 0 Å². The first-order valence-corrected chi connectivity index (χ1v) is 11.5.